The molecule has 0 aromatic carbocycles. The summed E-state index contributed by atoms with van der Waals surface area (Å²) in [7, 11) is 0. The van der Waals surface area contributed by atoms with Crippen LogP contribution in [0, 0.1) is 5.41 Å². The molecule has 0 spiro atoms. The molecule has 1 N–H and O–H groups in total. The number of rotatable bonds is 6. The first-order valence-electron chi connectivity index (χ1n) is 5.41. The molecule has 0 aliphatic heterocycles. The summed E-state index contributed by atoms with van der Waals surface area (Å²) in [5, 5.41) is 8.77. The molecule has 1 unspecified atom stereocenters. The number of hydrogen-bond acceptors (Lipinski definition) is 5. The van der Waals surface area contributed by atoms with Crippen LogP contribution < -0.4 is 0 Å². The molecular formula is C12H20O5. The van der Waals surface area contributed by atoms with Crippen molar-refractivity contribution in [3.05, 3.63) is 12.2 Å². The lowest BCUT2D eigenvalue weighted by molar-refractivity contribution is -0.155. The van der Waals surface area contributed by atoms with Crippen molar-refractivity contribution < 1.29 is 24.2 Å². The topological polar surface area (TPSA) is 72.8 Å². The molecule has 0 radical (unpaired) electrons. The summed E-state index contributed by atoms with van der Waals surface area (Å²) in [4.78, 5) is 21.7. The van der Waals surface area contributed by atoms with E-state index in [1.54, 1.807) is 19.9 Å². The molecular weight excluding hydrogens is 224 g/mol. The smallest absolute Gasteiger partial charge is 0.302 e. The zero-order chi connectivity index (χ0) is 13.5. The molecule has 98 valence electrons. The minimum atomic E-state index is -0.653. The van der Waals surface area contributed by atoms with E-state index in [9.17, 15) is 9.59 Å². The Morgan fingerprint density at radius 1 is 1.35 bits per heavy atom. The number of carbonyl (C=O) groups is 2. The normalized spacial score (nSPS) is 16.3. The van der Waals surface area contributed by atoms with E-state index in [-0.39, 0.29) is 13.2 Å². The Bertz CT molecular complexity index is 297. The molecule has 0 fully saturated rings. The van der Waals surface area contributed by atoms with Crippen LogP contribution in [0.15, 0.2) is 12.2 Å². The lowest BCUT2D eigenvalue weighted by atomic mass is 9.85. The van der Waals surface area contributed by atoms with Gasteiger partial charge in [0, 0.05) is 13.8 Å². The number of aliphatic hydroxyl groups is 1. The first kappa shape index (κ1) is 15.6. The maximum atomic E-state index is 10.9. The third kappa shape index (κ3) is 6.06. The van der Waals surface area contributed by atoms with Gasteiger partial charge in [0.2, 0.25) is 0 Å². The Kier molecular flexibility index (Phi) is 6.50. The molecule has 0 bridgehead atoms. The fourth-order valence-corrected chi connectivity index (χ4v) is 1.26. The molecule has 5 heteroatoms. The second kappa shape index (κ2) is 7.06. The van der Waals surface area contributed by atoms with Gasteiger partial charge >= 0.3 is 11.9 Å². The zero-order valence-electron chi connectivity index (χ0n) is 10.7. The van der Waals surface area contributed by atoms with Crippen LogP contribution >= 0.6 is 0 Å². The second-order valence-electron chi connectivity index (χ2n) is 4.12. The van der Waals surface area contributed by atoms with Crippen LogP contribution in [0.3, 0.4) is 0 Å². The van der Waals surface area contributed by atoms with Crippen LogP contribution in [-0.4, -0.2) is 36.4 Å². The van der Waals surface area contributed by atoms with Crippen molar-refractivity contribution in [1.82, 2.24) is 0 Å². The van der Waals surface area contributed by atoms with Crippen molar-refractivity contribution >= 4 is 11.9 Å². The first-order valence-corrected chi connectivity index (χ1v) is 5.41. The molecule has 5 nitrogen and oxygen atoms in total. The highest BCUT2D eigenvalue weighted by Gasteiger charge is 2.32. The van der Waals surface area contributed by atoms with Gasteiger partial charge < -0.3 is 14.6 Å². The maximum absolute atomic E-state index is 10.9. The molecule has 0 aliphatic rings. The Hall–Kier alpha value is -1.36. The number of carbonyl (C=O) groups excluding carboxylic acids is 2. The van der Waals surface area contributed by atoms with Crippen LogP contribution in [-0.2, 0) is 19.1 Å². The van der Waals surface area contributed by atoms with Gasteiger partial charge in [-0.1, -0.05) is 12.2 Å². The highest BCUT2D eigenvalue weighted by molar-refractivity contribution is 5.66. The van der Waals surface area contributed by atoms with E-state index < -0.39 is 23.5 Å². The summed E-state index contributed by atoms with van der Waals surface area (Å²) in [6.45, 7) is 6.10. The first-order chi connectivity index (χ1) is 7.81. The van der Waals surface area contributed by atoms with E-state index in [1.807, 2.05) is 0 Å². The van der Waals surface area contributed by atoms with E-state index in [0.717, 1.165) is 0 Å². The minimum Gasteiger partial charge on any atom is -0.465 e. The van der Waals surface area contributed by atoms with Gasteiger partial charge in [-0.15, -0.1) is 0 Å². The molecule has 0 amide bonds. The van der Waals surface area contributed by atoms with Gasteiger partial charge in [-0.3, -0.25) is 9.59 Å². The van der Waals surface area contributed by atoms with E-state index in [0.29, 0.717) is 0 Å². The number of aliphatic hydroxyl groups excluding tert-OH is 1. The molecule has 0 saturated heterocycles. The summed E-state index contributed by atoms with van der Waals surface area (Å²) in [5.41, 5.74) is -0.653. The van der Waals surface area contributed by atoms with Gasteiger partial charge in [0.15, 0.2) is 0 Å². The standard InChI is InChI=1S/C12H20O5/c1-9(17-11(3)15)12(4,6-5-7-13)8-16-10(2)14/h5-6,9,13H,7-8H2,1-4H3/b6-5+/t9?,12-/m1/s1. The third-order valence-corrected chi connectivity index (χ3v) is 2.46. The van der Waals surface area contributed by atoms with Gasteiger partial charge in [0.1, 0.15) is 12.7 Å². The third-order valence-electron chi connectivity index (χ3n) is 2.46. The summed E-state index contributed by atoms with van der Waals surface area (Å²) in [5.74, 6) is -0.799. The lowest BCUT2D eigenvalue weighted by Crippen LogP contribution is -2.36. The summed E-state index contributed by atoms with van der Waals surface area (Å²) < 4.78 is 10.0. The molecule has 0 saturated carbocycles. The number of hydrogen-bond donors (Lipinski definition) is 1. The lowest BCUT2D eigenvalue weighted by Gasteiger charge is -2.31. The molecule has 0 aromatic rings. The largest absolute Gasteiger partial charge is 0.465 e. The molecule has 0 aliphatic carbocycles. The average molecular weight is 244 g/mol. The van der Waals surface area contributed by atoms with Gasteiger partial charge in [0.25, 0.3) is 0 Å². The van der Waals surface area contributed by atoms with Crippen LogP contribution in [0.25, 0.3) is 0 Å². The van der Waals surface area contributed by atoms with Crippen molar-refractivity contribution in [2.24, 2.45) is 5.41 Å². The summed E-state index contributed by atoms with van der Waals surface area (Å²) in [6, 6.07) is 0. The van der Waals surface area contributed by atoms with Crippen molar-refractivity contribution in [2.75, 3.05) is 13.2 Å². The average Bonchev–Trinajstić information content (AvgIpc) is 2.22. The van der Waals surface area contributed by atoms with Gasteiger partial charge in [-0.05, 0) is 13.8 Å². The molecule has 0 aromatic heterocycles. The van der Waals surface area contributed by atoms with Crippen LogP contribution in [0.2, 0.25) is 0 Å². The Labute approximate surface area is 101 Å². The molecule has 17 heavy (non-hydrogen) atoms. The minimum absolute atomic E-state index is 0.0906. The molecule has 0 heterocycles. The van der Waals surface area contributed by atoms with Gasteiger partial charge in [-0.2, -0.15) is 0 Å². The summed E-state index contributed by atoms with van der Waals surface area (Å²) >= 11 is 0. The monoisotopic (exact) mass is 244 g/mol. The van der Waals surface area contributed by atoms with Gasteiger partial charge in [-0.25, -0.2) is 0 Å². The number of esters is 2. The predicted molar refractivity (Wildman–Crippen MR) is 62.2 cm³/mol. The zero-order valence-corrected chi connectivity index (χ0v) is 10.7. The fourth-order valence-electron chi connectivity index (χ4n) is 1.26. The Balaban J connectivity index is 4.74. The van der Waals surface area contributed by atoms with Crippen molar-refractivity contribution in [3.63, 3.8) is 0 Å². The van der Waals surface area contributed by atoms with Crippen molar-refractivity contribution in [3.8, 4) is 0 Å². The molecule has 2 atom stereocenters. The quantitative estimate of drug-likeness (QED) is 0.558. The van der Waals surface area contributed by atoms with E-state index in [2.05, 4.69) is 0 Å². The SMILES string of the molecule is CC(=O)OC[C@@](C)(/C=C/CO)C(C)OC(C)=O. The Morgan fingerprint density at radius 3 is 2.35 bits per heavy atom. The summed E-state index contributed by atoms with van der Waals surface area (Å²) in [6.07, 6.45) is 2.76. The van der Waals surface area contributed by atoms with E-state index in [4.69, 9.17) is 14.6 Å². The molecule has 0 rings (SSSR count). The van der Waals surface area contributed by atoms with Crippen LogP contribution in [0.5, 0.6) is 0 Å². The predicted octanol–water partition coefficient (Wildman–Crippen LogP) is 1.06. The van der Waals surface area contributed by atoms with Crippen molar-refractivity contribution in [2.45, 2.75) is 33.8 Å². The second-order valence-corrected chi connectivity index (χ2v) is 4.12. The number of ether oxygens (including phenoxy) is 2. The van der Waals surface area contributed by atoms with Crippen molar-refractivity contribution in [1.29, 1.82) is 0 Å². The van der Waals surface area contributed by atoms with Gasteiger partial charge in [0.05, 0.1) is 12.0 Å². The van der Waals surface area contributed by atoms with E-state index >= 15 is 0 Å². The van der Waals surface area contributed by atoms with Crippen LogP contribution in [0.4, 0.5) is 0 Å². The maximum Gasteiger partial charge on any atom is 0.302 e. The van der Waals surface area contributed by atoms with E-state index in [1.165, 1.54) is 19.9 Å². The fraction of sp³-hybridized carbons (Fsp3) is 0.667. The highest BCUT2D eigenvalue weighted by Crippen LogP contribution is 2.26. The Morgan fingerprint density at radius 2 is 1.94 bits per heavy atom. The van der Waals surface area contributed by atoms with Crippen LogP contribution in [0.1, 0.15) is 27.7 Å². The highest BCUT2D eigenvalue weighted by atomic mass is 16.6.